The Morgan fingerprint density at radius 1 is 1.62 bits per heavy atom. The van der Waals surface area contributed by atoms with Gasteiger partial charge < -0.3 is 5.11 Å². The molecule has 2 rings (SSSR count). The number of fused-ring (bicyclic) bond motifs is 1. The largest absolute Gasteiger partial charge is 0.393 e. The summed E-state index contributed by atoms with van der Waals surface area (Å²) in [5, 5.41) is 13.4. The monoisotopic (exact) mass is 177 g/mol. The van der Waals surface area contributed by atoms with Crippen LogP contribution in [0.1, 0.15) is 12.6 Å². The van der Waals surface area contributed by atoms with E-state index in [0.29, 0.717) is 6.42 Å². The molecule has 0 spiro atoms. The molecule has 0 fully saturated rings. The molecular formula is C9H11N3O. The van der Waals surface area contributed by atoms with Crippen molar-refractivity contribution in [3.63, 3.8) is 0 Å². The van der Waals surface area contributed by atoms with Crippen LogP contribution in [0.4, 0.5) is 0 Å². The topological polar surface area (TPSA) is 50.4 Å². The molecule has 0 saturated heterocycles. The summed E-state index contributed by atoms with van der Waals surface area (Å²) in [7, 11) is 0. The molecule has 2 heterocycles. The summed E-state index contributed by atoms with van der Waals surface area (Å²) in [6.07, 6.45) is 3.78. The molecule has 0 aromatic carbocycles. The van der Waals surface area contributed by atoms with E-state index in [9.17, 15) is 0 Å². The normalized spacial score (nSPS) is 13.4. The lowest BCUT2D eigenvalue weighted by Crippen LogP contribution is -2.04. The Kier molecular flexibility index (Phi) is 1.98. The lowest BCUT2D eigenvalue weighted by Gasteiger charge is -1.97. The summed E-state index contributed by atoms with van der Waals surface area (Å²) in [6.45, 7) is 1.75. The van der Waals surface area contributed by atoms with Crippen LogP contribution in [0.2, 0.25) is 0 Å². The first kappa shape index (κ1) is 8.19. The van der Waals surface area contributed by atoms with E-state index in [4.69, 9.17) is 5.11 Å². The highest BCUT2D eigenvalue weighted by Crippen LogP contribution is 2.04. The predicted octanol–water partition coefficient (Wildman–Crippen LogP) is 0.653. The van der Waals surface area contributed by atoms with Crippen molar-refractivity contribution in [3.05, 3.63) is 30.2 Å². The van der Waals surface area contributed by atoms with Crippen LogP contribution < -0.4 is 0 Å². The second kappa shape index (κ2) is 3.14. The Labute approximate surface area is 75.8 Å². The molecule has 2 aromatic heterocycles. The number of aliphatic hydroxyl groups is 1. The minimum Gasteiger partial charge on any atom is -0.393 e. The van der Waals surface area contributed by atoms with Crippen LogP contribution in [-0.2, 0) is 6.42 Å². The minimum absolute atomic E-state index is 0.357. The van der Waals surface area contributed by atoms with Crippen molar-refractivity contribution < 1.29 is 5.11 Å². The molecule has 1 unspecified atom stereocenters. The quantitative estimate of drug-likeness (QED) is 0.732. The van der Waals surface area contributed by atoms with E-state index in [1.54, 1.807) is 17.6 Å². The van der Waals surface area contributed by atoms with Crippen LogP contribution in [0.15, 0.2) is 24.5 Å². The van der Waals surface area contributed by atoms with Crippen molar-refractivity contribution in [1.29, 1.82) is 0 Å². The molecule has 2 aromatic rings. The van der Waals surface area contributed by atoms with Gasteiger partial charge in [0.05, 0.1) is 11.8 Å². The highest BCUT2D eigenvalue weighted by atomic mass is 16.3. The van der Waals surface area contributed by atoms with Crippen molar-refractivity contribution in [3.8, 4) is 0 Å². The summed E-state index contributed by atoms with van der Waals surface area (Å²) >= 11 is 0. The van der Waals surface area contributed by atoms with Crippen LogP contribution in [-0.4, -0.2) is 25.8 Å². The molecule has 0 radical (unpaired) electrons. The van der Waals surface area contributed by atoms with Crippen molar-refractivity contribution in [1.82, 2.24) is 14.6 Å². The number of aliphatic hydroxyl groups excluding tert-OH is 1. The number of hydrogen-bond donors (Lipinski definition) is 1. The van der Waals surface area contributed by atoms with Crippen LogP contribution in [0.3, 0.4) is 0 Å². The fourth-order valence-electron chi connectivity index (χ4n) is 1.28. The van der Waals surface area contributed by atoms with Gasteiger partial charge in [0.2, 0.25) is 0 Å². The third-order valence-electron chi connectivity index (χ3n) is 1.79. The molecule has 1 N–H and O–H groups in total. The summed E-state index contributed by atoms with van der Waals surface area (Å²) < 4.78 is 1.71. The zero-order valence-electron chi connectivity index (χ0n) is 7.38. The van der Waals surface area contributed by atoms with Gasteiger partial charge in [-0.1, -0.05) is 0 Å². The minimum atomic E-state index is -0.357. The highest BCUT2D eigenvalue weighted by molar-refractivity contribution is 5.38. The summed E-state index contributed by atoms with van der Waals surface area (Å²) in [5.41, 5.74) is 1.69. The average molecular weight is 177 g/mol. The van der Waals surface area contributed by atoms with Crippen molar-refractivity contribution in [2.75, 3.05) is 0 Å². The van der Waals surface area contributed by atoms with Gasteiger partial charge >= 0.3 is 0 Å². The van der Waals surface area contributed by atoms with E-state index >= 15 is 0 Å². The Morgan fingerprint density at radius 3 is 3.15 bits per heavy atom. The van der Waals surface area contributed by atoms with E-state index in [-0.39, 0.29) is 6.10 Å². The van der Waals surface area contributed by atoms with Gasteiger partial charge in [-0.2, -0.15) is 5.10 Å². The zero-order chi connectivity index (χ0) is 9.26. The third kappa shape index (κ3) is 1.67. The number of hydrogen-bond acceptors (Lipinski definition) is 3. The summed E-state index contributed by atoms with van der Waals surface area (Å²) in [4.78, 5) is 4.13. The van der Waals surface area contributed by atoms with Crippen molar-refractivity contribution in [2.24, 2.45) is 0 Å². The first-order valence-electron chi connectivity index (χ1n) is 4.23. The van der Waals surface area contributed by atoms with E-state index in [1.807, 2.05) is 18.3 Å². The second-order valence-electron chi connectivity index (χ2n) is 3.11. The lowest BCUT2D eigenvalue weighted by atomic mass is 10.2. The molecule has 68 valence electrons. The molecule has 13 heavy (non-hydrogen) atoms. The Morgan fingerprint density at radius 2 is 2.46 bits per heavy atom. The molecule has 4 heteroatoms. The maximum Gasteiger partial charge on any atom is 0.155 e. The van der Waals surface area contributed by atoms with Gasteiger partial charge in [0.15, 0.2) is 5.65 Å². The lowest BCUT2D eigenvalue weighted by molar-refractivity contribution is 0.194. The number of rotatable bonds is 2. The standard InChI is InChI=1S/C9H11N3O/c1-7(13)5-8-6-9-10-3-2-4-12(9)11-8/h2-4,6-7,13H,5H2,1H3. The third-order valence-corrected chi connectivity index (χ3v) is 1.79. The SMILES string of the molecule is CC(O)Cc1cc2ncccn2n1. The van der Waals surface area contributed by atoms with E-state index < -0.39 is 0 Å². The van der Waals surface area contributed by atoms with Gasteiger partial charge in [0, 0.05) is 24.9 Å². The number of nitrogens with zero attached hydrogens (tertiary/aromatic N) is 3. The summed E-state index contributed by atoms with van der Waals surface area (Å²) in [6, 6.07) is 3.71. The van der Waals surface area contributed by atoms with E-state index in [1.165, 1.54) is 0 Å². The maximum atomic E-state index is 9.16. The van der Waals surface area contributed by atoms with Gasteiger partial charge in [-0.15, -0.1) is 0 Å². The first-order valence-corrected chi connectivity index (χ1v) is 4.23. The first-order chi connectivity index (χ1) is 6.25. The Hall–Kier alpha value is -1.42. The molecule has 0 amide bonds. The van der Waals surface area contributed by atoms with Crippen LogP contribution in [0, 0.1) is 0 Å². The fraction of sp³-hybridized carbons (Fsp3) is 0.333. The Bertz CT molecular complexity index is 375. The highest BCUT2D eigenvalue weighted by Gasteiger charge is 2.04. The molecule has 0 bridgehead atoms. The molecule has 4 nitrogen and oxygen atoms in total. The molecule has 1 atom stereocenters. The predicted molar refractivity (Wildman–Crippen MR) is 48.4 cm³/mol. The van der Waals surface area contributed by atoms with E-state index in [2.05, 4.69) is 10.1 Å². The van der Waals surface area contributed by atoms with E-state index in [0.717, 1.165) is 11.3 Å². The van der Waals surface area contributed by atoms with Gasteiger partial charge in [0.25, 0.3) is 0 Å². The average Bonchev–Trinajstić information content (AvgIpc) is 2.44. The molecule has 0 aliphatic carbocycles. The maximum absolute atomic E-state index is 9.16. The summed E-state index contributed by atoms with van der Waals surface area (Å²) in [5.74, 6) is 0. The smallest absolute Gasteiger partial charge is 0.155 e. The van der Waals surface area contributed by atoms with Gasteiger partial charge in [0.1, 0.15) is 0 Å². The second-order valence-corrected chi connectivity index (χ2v) is 3.11. The van der Waals surface area contributed by atoms with Crippen LogP contribution >= 0.6 is 0 Å². The zero-order valence-corrected chi connectivity index (χ0v) is 7.38. The van der Waals surface area contributed by atoms with Crippen molar-refractivity contribution >= 4 is 5.65 Å². The van der Waals surface area contributed by atoms with Gasteiger partial charge in [-0.25, -0.2) is 9.50 Å². The van der Waals surface area contributed by atoms with Crippen LogP contribution in [0.25, 0.3) is 5.65 Å². The van der Waals surface area contributed by atoms with Crippen LogP contribution in [0.5, 0.6) is 0 Å². The van der Waals surface area contributed by atoms with Crippen molar-refractivity contribution in [2.45, 2.75) is 19.4 Å². The van der Waals surface area contributed by atoms with Gasteiger partial charge in [-0.3, -0.25) is 0 Å². The number of aromatic nitrogens is 3. The molecule has 0 saturated carbocycles. The Balaban J connectivity index is 2.38. The molecule has 0 aliphatic heterocycles. The molecular weight excluding hydrogens is 166 g/mol. The van der Waals surface area contributed by atoms with Gasteiger partial charge in [-0.05, 0) is 13.0 Å². The molecule has 0 aliphatic rings. The fourth-order valence-corrected chi connectivity index (χ4v) is 1.28.